The van der Waals surface area contributed by atoms with E-state index in [1.54, 1.807) is 37.4 Å². The van der Waals surface area contributed by atoms with Gasteiger partial charge in [-0.05, 0) is 37.3 Å². The molecule has 1 N–H and O–H groups in total. The minimum absolute atomic E-state index is 0.225. The molecule has 27 heavy (non-hydrogen) atoms. The minimum Gasteiger partial charge on any atom is -0.495 e. The van der Waals surface area contributed by atoms with Crippen LogP contribution in [-0.4, -0.2) is 18.2 Å². The van der Waals surface area contributed by atoms with Gasteiger partial charge in [0, 0.05) is 11.1 Å². The summed E-state index contributed by atoms with van der Waals surface area (Å²) in [5.41, 5.74) is 3.93. The summed E-state index contributed by atoms with van der Waals surface area (Å²) in [6.45, 7) is 2.03. The number of fused-ring (bicyclic) bond motifs is 1. The SMILES string of the molecule is COc1ccccc1NC(=O)c1ccc2noc(-c3ccc(C)cc3)c2c1. The molecule has 5 heteroatoms. The summed E-state index contributed by atoms with van der Waals surface area (Å²) in [6, 6.07) is 20.6. The van der Waals surface area contributed by atoms with E-state index in [9.17, 15) is 4.79 Å². The number of carbonyl (C=O) groups is 1. The Kier molecular flexibility index (Phi) is 4.34. The number of methoxy groups -OCH3 is 1. The number of aromatic nitrogens is 1. The molecular weight excluding hydrogens is 340 g/mol. The summed E-state index contributed by atoms with van der Waals surface area (Å²) >= 11 is 0. The fourth-order valence-corrected chi connectivity index (χ4v) is 2.94. The third kappa shape index (κ3) is 3.27. The monoisotopic (exact) mass is 358 g/mol. The smallest absolute Gasteiger partial charge is 0.255 e. The second-order valence-corrected chi connectivity index (χ2v) is 6.26. The van der Waals surface area contributed by atoms with Gasteiger partial charge in [-0.25, -0.2) is 0 Å². The predicted molar refractivity (Wildman–Crippen MR) is 105 cm³/mol. The minimum atomic E-state index is -0.225. The number of carbonyl (C=O) groups excluding carboxylic acids is 1. The summed E-state index contributed by atoms with van der Waals surface area (Å²) in [5.74, 6) is 1.03. The van der Waals surface area contributed by atoms with Gasteiger partial charge in [-0.3, -0.25) is 4.79 Å². The van der Waals surface area contributed by atoms with Crippen molar-refractivity contribution < 1.29 is 14.1 Å². The lowest BCUT2D eigenvalue weighted by atomic mass is 10.0. The van der Waals surface area contributed by atoms with E-state index in [1.807, 2.05) is 43.3 Å². The van der Waals surface area contributed by atoms with E-state index in [0.29, 0.717) is 28.3 Å². The Labute approximate surface area is 156 Å². The molecule has 1 aromatic heterocycles. The molecule has 4 rings (SSSR count). The lowest BCUT2D eigenvalue weighted by Gasteiger charge is -2.09. The van der Waals surface area contributed by atoms with E-state index < -0.39 is 0 Å². The van der Waals surface area contributed by atoms with E-state index in [4.69, 9.17) is 9.26 Å². The van der Waals surface area contributed by atoms with Crippen LogP contribution in [0.15, 0.2) is 71.3 Å². The zero-order valence-electron chi connectivity index (χ0n) is 15.0. The molecule has 0 saturated heterocycles. The number of hydrogen-bond acceptors (Lipinski definition) is 4. The number of ether oxygens (including phenoxy) is 1. The molecule has 0 radical (unpaired) electrons. The van der Waals surface area contributed by atoms with Crippen molar-refractivity contribution in [3.8, 4) is 17.1 Å². The quantitative estimate of drug-likeness (QED) is 0.553. The maximum Gasteiger partial charge on any atom is 0.255 e. The summed E-state index contributed by atoms with van der Waals surface area (Å²) < 4.78 is 10.8. The zero-order valence-corrected chi connectivity index (χ0v) is 15.0. The van der Waals surface area contributed by atoms with Crippen LogP contribution in [0.4, 0.5) is 5.69 Å². The van der Waals surface area contributed by atoms with E-state index in [2.05, 4.69) is 10.5 Å². The average molecular weight is 358 g/mol. The predicted octanol–water partition coefficient (Wildman–Crippen LogP) is 5.06. The molecule has 3 aromatic carbocycles. The number of para-hydroxylation sites is 2. The van der Waals surface area contributed by atoms with Gasteiger partial charge in [0.1, 0.15) is 11.3 Å². The number of amides is 1. The highest BCUT2D eigenvalue weighted by Gasteiger charge is 2.15. The molecule has 0 unspecified atom stereocenters. The van der Waals surface area contributed by atoms with E-state index in [-0.39, 0.29) is 5.91 Å². The highest BCUT2D eigenvalue weighted by Crippen LogP contribution is 2.30. The molecule has 0 spiro atoms. The van der Waals surface area contributed by atoms with Gasteiger partial charge in [-0.1, -0.05) is 47.1 Å². The first kappa shape index (κ1) is 16.8. The molecule has 134 valence electrons. The van der Waals surface area contributed by atoms with E-state index >= 15 is 0 Å². The molecule has 1 heterocycles. The van der Waals surface area contributed by atoms with Crippen LogP contribution < -0.4 is 10.1 Å². The lowest BCUT2D eigenvalue weighted by molar-refractivity contribution is 0.102. The molecule has 4 aromatic rings. The van der Waals surface area contributed by atoms with Gasteiger partial charge in [0.15, 0.2) is 5.76 Å². The van der Waals surface area contributed by atoms with Crippen LogP contribution in [-0.2, 0) is 0 Å². The van der Waals surface area contributed by atoms with Crippen molar-refractivity contribution in [3.63, 3.8) is 0 Å². The molecule has 0 aliphatic carbocycles. The van der Waals surface area contributed by atoms with Crippen LogP contribution in [0.2, 0.25) is 0 Å². The summed E-state index contributed by atoms with van der Waals surface area (Å²) in [5, 5.41) is 7.79. The molecule has 1 amide bonds. The van der Waals surface area contributed by atoms with Crippen LogP contribution in [0, 0.1) is 6.92 Å². The van der Waals surface area contributed by atoms with Gasteiger partial charge >= 0.3 is 0 Å². The highest BCUT2D eigenvalue weighted by atomic mass is 16.5. The first-order chi connectivity index (χ1) is 13.2. The van der Waals surface area contributed by atoms with Gasteiger partial charge < -0.3 is 14.6 Å². The van der Waals surface area contributed by atoms with E-state index in [0.717, 1.165) is 10.9 Å². The second kappa shape index (κ2) is 6.96. The van der Waals surface area contributed by atoms with Crippen molar-refractivity contribution >= 4 is 22.5 Å². The van der Waals surface area contributed by atoms with Crippen molar-refractivity contribution in [2.24, 2.45) is 0 Å². The number of rotatable bonds is 4. The molecule has 0 bridgehead atoms. The van der Waals surface area contributed by atoms with E-state index in [1.165, 1.54) is 5.56 Å². The van der Waals surface area contributed by atoms with Crippen LogP contribution in [0.1, 0.15) is 15.9 Å². The lowest BCUT2D eigenvalue weighted by Crippen LogP contribution is -2.12. The third-order valence-corrected chi connectivity index (χ3v) is 4.41. The normalized spacial score (nSPS) is 10.7. The largest absolute Gasteiger partial charge is 0.495 e. The fourth-order valence-electron chi connectivity index (χ4n) is 2.94. The fraction of sp³-hybridized carbons (Fsp3) is 0.0909. The molecule has 0 aliphatic rings. The second-order valence-electron chi connectivity index (χ2n) is 6.26. The van der Waals surface area contributed by atoms with Gasteiger partial charge in [-0.2, -0.15) is 0 Å². The first-order valence-electron chi connectivity index (χ1n) is 8.56. The zero-order chi connectivity index (χ0) is 18.8. The number of aryl methyl sites for hydroxylation is 1. The van der Waals surface area contributed by atoms with Gasteiger partial charge in [0.25, 0.3) is 5.91 Å². The Bertz CT molecular complexity index is 1110. The van der Waals surface area contributed by atoms with Gasteiger partial charge in [-0.15, -0.1) is 0 Å². The molecule has 0 saturated carbocycles. The molecule has 0 aliphatic heterocycles. The van der Waals surface area contributed by atoms with Gasteiger partial charge in [0.05, 0.1) is 18.2 Å². The molecule has 5 nitrogen and oxygen atoms in total. The van der Waals surface area contributed by atoms with Crippen LogP contribution >= 0.6 is 0 Å². The Morgan fingerprint density at radius 1 is 1.04 bits per heavy atom. The molecule has 0 fully saturated rings. The van der Waals surface area contributed by atoms with Crippen LogP contribution in [0.3, 0.4) is 0 Å². The summed E-state index contributed by atoms with van der Waals surface area (Å²) in [4.78, 5) is 12.7. The molecular formula is C22H18N2O3. The standard InChI is InChI=1S/C22H18N2O3/c1-14-7-9-15(10-8-14)21-17-13-16(11-12-18(17)24-27-21)22(25)23-19-5-3-4-6-20(19)26-2/h3-13H,1-2H3,(H,23,25). The van der Waals surface area contributed by atoms with Crippen molar-refractivity contribution in [3.05, 3.63) is 77.9 Å². The maximum atomic E-state index is 12.7. The summed E-state index contributed by atoms with van der Waals surface area (Å²) in [6.07, 6.45) is 0. The van der Waals surface area contributed by atoms with Gasteiger partial charge in [0.2, 0.25) is 0 Å². The van der Waals surface area contributed by atoms with Crippen molar-refractivity contribution in [1.29, 1.82) is 0 Å². The van der Waals surface area contributed by atoms with Crippen LogP contribution in [0.25, 0.3) is 22.2 Å². The Morgan fingerprint density at radius 2 is 1.81 bits per heavy atom. The topological polar surface area (TPSA) is 64.4 Å². The maximum absolute atomic E-state index is 12.7. The summed E-state index contributed by atoms with van der Waals surface area (Å²) in [7, 11) is 1.57. The first-order valence-corrected chi connectivity index (χ1v) is 8.56. The highest BCUT2D eigenvalue weighted by molar-refractivity contribution is 6.08. The Balaban J connectivity index is 1.69. The number of nitrogens with zero attached hydrogens (tertiary/aromatic N) is 1. The number of nitrogens with one attached hydrogen (secondary N) is 1. The Morgan fingerprint density at radius 3 is 2.59 bits per heavy atom. The van der Waals surface area contributed by atoms with Crippen molar-refractivity contribution in [1.82, 2.24) is 5.16 Å². The van der Waals surface area contributed by atoms with Crippen molar-refractivity contribution in [2.45, 2.75) is 6.92 Å². The van der Waals surface area contributed by atoms with Crippen LogP contribution in [0.5, 0.6) is 5.75 Å². The third-order valence-electron chi connectivity index (χ3n) is 4.41. The Hall–Kier alpha value is -3.60. The van der Waals surface area contributed by atoms with Crippen molar-refractivity contribution in [2.75, 3.05) is 12.4 Å². The number of anilines is 1. The number of hydrogen-bond donors (Lipinski definition) is 1. The molecule has 0 atom stereocenters. The average Bonchev–Trinajstić information content (AvgIpc) is 3.12. The number of benzene rings is 3.